The van der Waals surface area contributed by atoms with Crippen molar-refractivity contribution in [1.29, 1.82) is 0 Å². The summed E-state index contributed by atoms with van der Waals surface area (Å²) in [6.45, 7) is 2.07. The molecule has 0 radical (unpaired) electrons. The van der Waals surface area contributed by atoms with Crippen LogP contribution in [0.4, 0.5) is 10.1 Å². The third-order valence-electron chi connectivity index (χ3n) is 5.06. The smallest absolute Gasteiger partial charge is 0.151 e. The number of hydrogen-bond acceptors (Lipinski definition) is 4. The van der Waals surface area contributed by atoms with Gasteiger partial charge in [-0.15, -0.1) is 11.3 Å². The Morgan fingerprint density at radius 3 is 2.83 bits per heavy atom. The number of halogens is 2. The summed E-state index contributed by atoms with van der Waals surface area (Å²) in [6, 6.07) is 15.2. The summed E-state index contributed by atoms with van der Waals surface area (Å²) < 4.78 is 15.6. The van der Waals surface area contributed by atoms with E-state index in [1.807, 2.05) is 37.3 Å². The zero-order valence-corrected chi connectivity index (χ0v) is 17.4. The molecule has 3 nitrogen and oxygen atoms in total. The van der Waals surface area contributed by atoms with Gasteiger partial charge in [0.25, 0.3) is 0 Å². The summed E-state index contributed by atoms with van der Waals surface area (Å²) in [5.41, 5.74) is 9.14. The van der Waals surface area contributed by atoms with E-state index in [-0.39, 0.29) is 18.2 Å². The Bertz CT molecular complexity index is 1190. The molecule has 0 aliphatic heterocycles. The molecule has 0 saturated heterocycles. The van der Waals surface area contributed by atoms with Crippen molar-refractivity contribution < 1.29 is 9.50 Å². The molecule has 0 aliphatic carbocycles. The summed E-state index contributed by atoms with van der Waals surface area (Å²) >= 11 is 7.82. The van der Waals surface area contributed by atoms with E-state index in [4.69, 9.17) is 17.3 Å². The van der Waals surface area contributed by atoms with E-state index in [0.29, 0.717) is 17.0 Å². The third kappa shape index (κ3) is 3.86. The van der Waals surface area contributed by atoms with Crippen molar-refractivity contribution in [3.05, 3.63) is 81.6 Å². The van der Waals surface area contributed by atoms with E-state index in [9.17, 15) is 9.50 Å². The fourth-order valence-electron chi connectivity index (χ4n) is 3.36. The Hall–Kier alpha value is -2.47. The fraction of sp³-hybridized carbons (Fsp3) is 0.174. The van der Waals surface area contributed by atoms with Gasteiger partial charge in [0.1, 0.15) is 0 Å². The molecule has 0 spiro atoms. The number of pyridine rings is 1. The molecule has 3 N–H and O–H groups in total. The minimum Gasteiger partial charge on any atom is -0.396 e. The van der Waals surface area contributed by atoms with Crippen LogP contribution in [0.5, 0.6) is 0 Å². The second-order valence-electron chi connectivity index (χ2n) is 7.10. The lowest BCUT2D eigenvalue weighted by molar-refractivity contribution is 0.273. The number of hydrogen-bond donors (Lipinski definition) is 2. The van der Waals surface area contributed by atoms with Crippen LogP contribution in [-0.2, 0) is 6.42 Å². The van der Waals surface area contributed by atoms with Gasteiger partial charge in [0.2, 0.25) is 0 Å². The molecule has 0 fully saturated rings. The predicted molar refractivity (Wildman–Crippen MR) is 119 cm³/mol. The first-order valence-electron chi connectivity index (χ1n) is 9.29. The lowest BCUT2D eigenvalue weighted by Gasteiger charge is -2.10. The Labute approximate surface area is 177 Å². The number of rotatable bonds is 5. The van der Waals surface area contributed by atoms with Crippen LogP contribution >= 0.6 is 22.9 Å². The molecule has 148 valence electrons. The highest BCUT2D eigenvalue weighted by Gasteiger charge is 2.15. The van der Waals surface area contributed by atoms with Gasteiger partial charge in [-0.05, 0) is 41.3 Å². The molecule has 4 rings (SSSR count). The average Bonchev–Trinajstić information content (AvgIpc) is 3.16. The van der Waals surface area contributed by atoms with Crippen molar-refractivity contribution in [3.8, 4) is 11.3 Å². The molecule has 0 bridgehead atoms. The largest absolute Gasteiger partial charge is 0.396 e. The van der Waals surface area contributed by atoms with Crippen LogP contribution in [-0.4, -0.2) is 16.7 Å². The third-order valence-corrected chi connectivity index (χ3v) is 6.60. The zero-order valence-electron chi connectivity index (χ0n) is 15.8. The first kappa shape index (κ1) is 19.8. The second-order valence-corrected chi connectivity index (χ2v) is 8.64. The van der Waals surface area contributed by atoms with Crippen molar-refractivity contribution >= 4 is 38.7 Å². The molecule has 1 atom stereocenters. The normalized spacial score (nSPS) is 12.4. The molecule has 2 aromatic carbocycles. The van der Waals surface area contributed by atoms with Crippen molar-refractivity contribution in [1.82, 2.24) is 4.98 Å². The Morgan fingerprint density at radius 2 is 2.03 bits per heavy atom. The summed E-state index contributed by atoms with van der Waals surface area (Å²) in [4.78, 5) is 5.54. The number of nitrogens with two attached hydrogens (primary N) is 1. The maximum Gasteiger partial charge on any atom is 0.151 e. The summed E-state index contributed by atoms with van der Waals surface area (Å²) in [5, 5.41) is 10.9. The number of benzene rings is 2. The molecule has 6 heteroatoms. The van der Waals surface area contributed by atoms with E-state index < -0.39 is 5.82 Å². The Kier molecular flexibility index (Phi) is 5.54. The molecular weight excluding hydrogens is 407 g/mol. The maximum absolute atomic E-state index is 14.5. The second kappa shape index (κ2) is 8.11. The van der Waals surface area contributed by atoms with Crippen molar-refractivity contribution in [2.75, 3.05) is 12.3 Å². The number of aliphatic hydroxyl groups excluding tert-OH is 1. The van der Waals surface area contributed by atoms with Crippen LogP contribution < -0.4 is 5.73 Å². The van der Waals surface area contributed by atoms with E-state index in [1.54, 1.807) is 23.6 Å². The summed E-state index contributed by atoms with van der Waals surface area (Å²) in [7, 11) is 0. The van der Waals surface area contributed by atoms with Gasteiger partial charge in [-0.3, -0.25) is 4.98 Å². The number of nitrogens with zero attached hydrogens (tertiary/aromatic N) is 1. The molecule has 1 unspecified atom stereocenters. The van der Waals surface area contributed by atoms with Gasteiger partial charge in [0.05, 0.1) is 11.4 Å². The minimum atomic E-state index is -0.456. The summed E-state index contributed by atoms with van der Waals surface area (Å²) in [6.07, 6.45) is 2.15. The van der Waals surface area contributed by atoms with Gasteiger partial charge in [0, 0.05) is 50.9 Å². The quantitative estimate of drug-likeness (QED) is 0.383. The van der Waals surface area contributed by atoms with Crippen molar-refractivity contribution in [2.45, 2.75) is 19.3 Å². The van der Waals surface area contributed by atoms with Crippen LogP contribution in [0.1, 0.15) is 28.8 Å². The number of anilines is 1. The molecule has 0 amide bonds. The topological polar surface area (TPSA) is 59.1 Å². The Morgan fingerprint density at radius 1 is 1.21 bits per heavy atom. The van der Waals surface area contributed by atoms with Gasteiger partial charge < -0.3 is 10.8 Å². The number of nitrogen functional groups attached to an aromatic ring is 1. The number of aromatic nitrogens is 1. The highest BCUT2D eigenvalue weighted by atomic mass is 35.5. The first-order chi connectivity index (χ1) is 14.0. The molecule has 4 aromatic rings. The van der Waals surface area contributed by atoms with E-state index in [0.717, 1.165) is 31.8 Å². The average molecular weight is 427 g/mol. The van der Waals surface area contributed by atoms with Crippen LogP contribution in [0, 0.1) is 5.82 Å². The van der Waals surface area contributed by atoms with Gasteiger partial charge in [0.15, 0.2) is 5.82 Å². The molecular formula is C23H20ClFN2OS. The van der Waals surface area contributed by atoms with Crippen LogP contribution in [0.2, 0.25) is 5.02 Å². The zero-order chi connectivity index (χ0) is 20.5. The van der Waals surface area contributed by atoms with E-state index in [1.165, 1.54) is 6.07 Å². The lowest BCUT2D eigenvalue weighted by Crippen LogP contribution is -1.99. The molecule has 2 aromatic heterocycles. The van der Waals surface area contributed by atoms with E-state index in [2.05, 4.69) is 11.1 Å². The fourth-order valence-corrected chi connectivity index (χ4v) is 4.77. The van der Waals surface area contributed by atoms with Gasteiger partial charge in [-0.1, -0.05) is 36.7 Å². The molecule has 29 heavy (non-hydrogen) atoms. The minimum absolute atomic E-state index is 0.0449. The maximum atomic E-state index is 14.5. The van der Waals surface area contributed by atoms with E-state index >= 15 is 0 Å². The van der Waals surface area contributed by atoms with Gasteiger partial charge in [-0.25, -0.2) is 4.39 Å². The molecule has 2 heterocycles. The highest BCUT2D eigenvalue weighted by Crippen LogP contribution is 2.37. The van der Waals surface area contributed by atoms with Crippen LogP contribution in [0.3, 0.4) is 0 Å². The first-order valence-corrected chi connectivity index (χ1v) is 10.5. The number of aliphatic hydroxyl groups is 1. The number of thiophene rings is 1. The van der Waals surface area contributed by atoms with Crippen molar-refractivity contribution in [2.24, 2.45) is 0 Å². The van der Waals surface area contributed by atoms with Gasteiger partial charge >= 0.3 is 0 Å². The van der Waals surface area contributed by atoms with Crippen LogP contribution in [0.15, 0.2) is 54.7 Å². The SMILES string of the molecule is CC(CO)c1ccnc(-c2cccc3cc(Cc4c(Cl)ccc(N)c4F)sc23)c1. The van der Waals surface area contributed by atoms with Crippen LogP contribution in [0.25, 0.3) is 21.3 Å². The van der Waals surface area contributed by atoms with Crippen molar-refractivity contribution in [3.63, 3.8) is 0 Å². The predicted octanol–water partition coefficient (Wildman–Crippen LogP) is 6.02. The van der Waals surface area contributed by atoms with Gasteiger partial charge in [-0.2, -0.15) is 0 Å². The highest BCUT2D eigenvalue weighted by molar-refractivity contribution is 7.19. The standard InChI is InChI=1S/C23H20ClFN2OS/c1-13(12-28)14-7-8-27-21(10-14)17-4-2-3-15-9-16(29-23(15)17)11-18-19(24)5-6-20(26)22(18)25/h2-10,13,28H,11-12,26H2,1H3. The molecule has 0 aliphatic rings. The number of fused-ring (bicyclic) bond motifs is 1. The monoisotopic (exact) mass is 426 g/mol. The Balaban J connectivity index is 1.77. The summed E-state index contributed by atoms with van der Waals surface area (Å²) in [5.74, 6) is -0.411. The molecule has 0 saturated carbocycles. The lowest BCUT2D eigenvalue weighted by atomic mass is 10.0.